The SMILES string of the molecule is Cc1cc(C)c(CNC(=O)c2cccc(NC(=O)C3CCCO3)c2)c(C)c1. The normalized spacial score (nSPS) is 16.2. The van der Waals surface area contributed by atoms with E-state index in [2.05, 4.69) is 43.5 Å². The molecule has 0 radical (unpaired) electrons. The van der Waals surface area contributed by atoms with Crippen LogP contribution < -0.4 is 10.6 Å². The topological polar surface area (TPSA) is 67.4 Å². The molecular weight excluding hydrogens is 340 g/mol. The van der Waals surface area contributed by atoms with Crippen LogP contribution in [0.2, 0.25) is 0 Å². The first-order chi connectivity index (χ1) is 12.9. The molecule has 0 aliphatic carbocycles. The minimum atomic E-state index is -0.394. The van der Waals surface area contributed by atoms with E-state index < -0.39 is 6.10 Å². The Labute approximate surface area is 160 Å². The van der Waals surface area contributed by atoms with Gasteiger partial charge in [-0.25, -0.2) is 0 Å². The first-order valence-corrected chi connectivity index (χ1v) is 9.31. The lowest BCUT2D eigenvalue weighted by atomic mass is 10.00. The zero-order valence-corrected chi connectivity index (χ0v) is 16.1. The van der Waals surface area contributed by atoms with Crippen molar-refractivity contribution in [1.82, 2.24) is 5.32 Å². The Morgan fingerprint density at radius 2 is 1.85 bits per heavy atom. The summed E-state index contributed by atoms with van der Waals surface area (Å²) in [5, 5.41) is 5.81. The lowest BCUT2D eigenvalue weighted by Gasteiger charge is -2.13. The van der Waals surface area contributed by atoms with Crippen LogP contribution in [0, 0.1) is 20.8 Å². The molecule has 3 rings (SSSR count). The quantitative estimate of drug-likeness (QED) is 0.849. The maximum Gasteiger partial charge on any atom is 0.253 e. The van der Waals surface area contributed by atoms with Crippen LogP contribution >= 0.6 is 0 Å². The maximum atomic E-state index is 12.6. The third-order valence-electron chi connectivity index (χ3n) is 4.88. The average Bonchev–Trinajstić information content (AvgIpc) is 3.15. The molecule has 2 aromatic rings. The minimum absolute atomic E-state index is 0.157. The predicted molar refractivity (Wildman–Crippen MR) is 106 cm³/mol. The summed E-state index contributed by atoms with van der Waals surface area (Å²) in [6.45, 7) is 7.28. The van der Waals surface area contributed by atoms with Crippen molar-refractivity contribution in [2.75, 3.05) is 11.9 Å². The first kappa shape index (κ1) is 19.1. The van der Waals surface area contributed by atoms with Gasteiger partial charge in [-0.05, 0) is 68.5 Å². The number of carbonyl (C=O) groups excluding carboxylic acids is 2. The summed E-state index contributed by atoms with van der Waals surface area (Å²) in [6, 6.07) is 11.2. The van der Waals surface area contributed by atoms with Crippen molar-refractivity contribution in [1.29, 1.82) is 0 Å². The molecule has 5 heteroatoms. The van der Waals surface area contributed by atoms with Crippen LogP contribution in [-0.2, 0) is 16.1 Å². The number of amides is 2. The smallest absolute Gasteiger partial charge is 0.253 e. The highest BCUT2D eigenvalue weighted by atomic mass is 16.5. The minimum Gasteiger partial charge on any atom is -0.368 e. The van der Waals surface area contributed by atoms with Crippen molar-refractivity contribution >= 4 is 17.5 Å². The lowest BCUT2D eigenvalue weighted by molar-refractivity contribution is -0.124. The van der Waals surface area contributed by atoms with Gasteiger partial charge in [-0.15, -0.1) is 0 Å². The molecule has 0 saturated carbocycles. The van der Waals surface area contributed by atoms with Gasteiger partial charge in [0.15, 0.2) is 0 Å². The zero-order valence-electron chi connectivity index (χ0n) is 16.1. The third-order valence-corrected chi connectivity index (χ3v) is 4.88. The van der Waals surface area contributed by atoms with Crippen LogP contribution in [-0.4, -0.2) is 24.5 Å². The van der Waals surface area contributed by atoms with Gasteiger partial charge in [0.2, 0.25) is 0 Å². The van der Waals surface area contributed by atoms with Gasteiger partial charge in [0, 0.05) is 24.4 Å². The van der Waals surface area contributed by atoms with Crippen LogP contribution in [0.4, 0.5) is 5.69 Å². The second-order valence-electron chi connectivity index (χ2n) is 7.13. The van der Waals surface area contributed by atoms with E-state index in [1.54, 1.807) is 24.3 Å². The standard InChI is InChI=1S/C22H26N2O3/c1-14-10-15(2)19(16(3)11-14)13-23-21(25)17-6-4-7-18(12-17)24-22(26)20-8-5-9-27-20/h4,6-7,10-12,20H,5,8-9,13H2,1-3H3,(H,23,25)(H,24,26). The van der Waals surface area contributed by atoms with E-state index in [0.29, 0.717) is 24.4 Å². The van der Waals surface area contributed by atoms with Gasteiger partial charge >= 0.3 is 0 Å². The Balaban J connectivity index is 1.64. The van der Waals surface area contributed by atoms with Crippen LogP contribution in [0.15, 0.2) is 36.4 Å². The predicted octanol–water partition coefficient (Wildman–Crippen LogP) is 3.66. The van der Waals surface area contributed by atoms with Crippen molar-refractivity contribution < 1.29 is 14.3 Å². The molecule has 1 fully saturated rings. The highest BCUT2D eigenvalue weighted by Gasteiger charge is 2.23. The van der Waals surface area contributed by atoms with Gasteiger partial charge in [-0.2, -0.15) is 0 Å². The number of hydrogen-bond acceptors (Lipinski definition) is 3. The van der Waals surface area contributed by atoms with E-state index in [4.69, 9.17) is 4.74 Å². The zero-order chi connectivity index (χ0) is 19.4. The summed E-state index contributed by atoms with van der Waals surface area (Å²) >= 11 is 0. The largest absolute Gasteiger partial charge is 0.368 e. The van der Waals surface area contributed by atoms with Crippen molar-refractivity contribution in [3.05, 3.63) is 64.2 Å². The molecule has 1 aliphatic heterocycles. The Morgan fingerprint density at radius 3 is 2.52 bits per heavy atom. The summed E-state index contributed by atoms with van der Waals surface area (Å²) in [7, 11) is 0. The molecule has 5 nitrogen and oxygen atoms in total. The summed E-state index contributed by atoms with van der Waals surface area (Å²) in [5.41, 5.74) is 5.82. The fourth-order valence-corrected chi connectivity index (χ4v) is 3.50. The summed E-state index contributed by atoms with van der Waals surface area (Å²) in [4.78, 5) is 24.7. The number of rotatable bonds is 5. The molecule has 2 amide bonds. The molecule has 1 atom stereocenters. The maximum absolute atomic E-state index is 12.6. The van der Waals surface area contributed by atoms with Crippen molar-refractivity contribution in [3.8, 4) is 0 Å². The summed E-state index contributed by atoms with van der Waals surface area (Å²) in [6.07, 6.45) is 1.24. The molecule has 1 aliphatic rings. The second-order valence-corrected chi connectivity index (χ2v) is 7.13. The summed E-state index contributed by atoms with van der Waals surface area (Å²) < 4.78 is 5.39. The van der Waals surface area contributed by atoms with Crippen LogP contribution in [0.3, 0.4) is 0 Å². The average molecular weight is 366 g/mol. The molecule has 142 valence electrons. The molecule has 0 bridgehead atoms. The van der Waals surface area contributed by atoms with Crippen molar-refractivity contribution in [2.45, 2.75) is 46.3 Å². The van der Waals surface area contributed by atoms with Crippen molar-refractivity contribution in [2.24, 2.45) is 0 Å². The first-order valence-electron chi connectivity index (χ1n) is 9.31. The Kier molecular flexibility index (Phi) is 5.91. The molecule has 2 aromatic carbocycles. The highest BCUT2D eigenvalue weighted by Crippen LogP contribution is 2.18. The number of benzene rings is 2. The van der Waals surface area contributed by atoms with E-state index in [9.17, 15) is 9.59 Å². The van der Waals surface area contributed by atoms with Crippen molar-refractivity contribution in [3.63, 3.8) is 0 Å². The van der Waals surface area contributed by atoms with E-state index in [1.807, 2.05) is 0 Å². The van der Waals surface area contributed by atoms with Gasteiger partial charge < -0.3 is 15.4 Å². The second kappa shape index (κ2) is 8.35. The number of anilines is 1. The molecule has 0 aromatic heterocycles. The third kappa shape index (κ3) is 4.74. The highest BCUT2D eigenvalue weighted by molar-refractivity contribution is 5.98. The van der Waals surface area contributed by atoms with E-state index in [-0.39, 0.29) is 11.8 Å². The number of nitrogens with one attached hydrogen (secondary N) is 2. The number of carbonyl (C=O) groups is 2. The van der Waals surface area contributed by atoms with Gasteiger partial charge in [-0.3, -0.25) is 9.59 Å². The van der Waals surface area contributed by atoms with Gasteiger partial charge in [0.05, 0.1) is 0 Å². The Morgan fingerprint density at radius 1 is 1.11 bits per heavy atom. The molecule has 0 spiro atoms. The van der Waals surface area contributed by atoms with Gasteiger partial charge in [0.1, 0.15) is 6.10 Å². The molecule has 1 saturated heterocycles. The van der Waals surface area contributed by atoms with E-state index >= 15 is 0 Å². The van der Waals surface area contributed by atoms with Gasteiger partial charge in [0.25, 0.3) is 11.8 Å². The molecule has 27 heavy (non-hydrogen) atoms. The van der Waals surface area contributed by atoms with Crippen LogP contribution in [0.5, 0.6) is 0 Å². The fraction of sp³-hybridized carbons (Fsp3) is 0.364. The fourth-order valence-electron chi connectivity index (χ4n) is 3.50. The van der Waals surface area contributed by atoms with Gasteiger partial charge in [-0.1, -0.05) is 23.8 Å². The molecule has 2 N–H and O–H groups in total. The lowest BCUT2D eigenvalue weighted by Crippen LogP contribution is -2.27. The van der Waals surface area contributed by atoms with E-state index in [0.717, 1.165) is 18.4 Å². The molecule has 1 heterocycles. The monoisotopic (exact) mass is 366 g/mol. The Hall–Kier alpha value is -2.66. The van der Waals surface area contributed by atoms with Crippen LogP contribution in [0.25, 0.3) is 0 Å². The molecular formula is C22H26N2O3. The number of aryl methyl sites for hydroxylation is 3. The van der Waals surface area contributed by atoms with E-state index in [1.165, 1.54) is 16.7 Å². The molecule has 1 unspecified atom stereocenters. The van der Waals surface area contributed by atoms with Crippen LogP contribution in [0.1, 0.15) is 45.5 Å². The number of hydrogen-bond donors (Lipinski definition) is 2. The number of ether oxygens (including phenoxy) is 1. The summed E-state index contributed by atoms with van der Waals surface area (Å²) in [5.74, 6) is -0.321. The Bertz CT molecular complexity index is 831.